The first-order chi connectivity index (χ1) is 14.8. The second kappa shape index (κ2) is 8.94. The van der Waals surface area contributed by atoms with Crippen LogP contribution in [0.3, 0.4) is 0 Å². The second-order valence-electron chi connectivity index (χ2n) is 7.74. The molecular formula is C22H26N4O3S2. The summed E-state index contributed by atoms with van der Waals surface area (Å²) in [6, 6.07) is 9.05. The number of anilines is 1. The Morgan fingerprint density at radius 2 is 1.90 bits per heavy atom. The number of rotatable bonds is 6. The van der Waals surface area contributed by atoms with Crippen molar-refractivity contribution in [2.24, 2.45) is 0 Å². The number of pyridine rings is 1. The van der Waals surface area contributed by atoms with Crippen LogP contribution < -0.4 is 9.64 Å². The van der Waals surface area contributed by atoms with Gasteiger partial charge in [0.2, 0.25) is 0 Å². The first kappa shape index (κ1) is 21.7. The average molecular weight is 459 g/mol. The van der Waals surface area contributed by atoms with Crippen molar-refractivity contribution in [3.63, 3.8) is 0 Å². The number of piperazine rings is 1. The quantitative estimate of drug-likeness (QED) is 0.562. The lowest BCUT2D eigenvalue weighted by Crippen LogP contribution is -2.44. The zero-order chi connectivity index (χ0) is 22.0. The molecule has 4 rings (SSSR count). The van der Waals surface area contributed by atoms with Crippen LogP contribution in [0.5, 0.6) is 5.75 Å². The molecule has 1 fully saturated rings. The molecule has 9 heteroatoms. The highest BCUT2D eigenvalue weighted by Gasteiger charge is 2.16. The van der Waals surface area contributed by atoms with Crippen molar-refractivity contribution in [1.29, 1.82) is 0 Å². The van der Waals surface area contributed by atoms with Gasteiger partial charge >= 0.3 is 0 Å². The molecule has 0 spiro atoms. The third kappa shape index (κ3) is 5.06. The molecule has 3 heterocycles. The van der Waals surface area contributed by atoms with Gasteiger partial charge in [0.15, 0.2) is 9.84 Å². The maximum Gasteiger partial charge on any atom is 0.175 e. The molecule has 7 nitrogen and oxygen atoms in total. The van der Waals surface area contributed by atoms with Crippen molar-refractivity contribution in [2.75, 3.05) is 51.5 Å². The minimum Gasteiger partial charge on any atom is -0.496 e. The van der Waals surface area contributed by atoms with E-state index in [1.165, 1.54) is 6.26 Å². The van der Waals surface area contributed by atoms with Gasteiger partial charge in [0.05, 0.1) is 22.7 Å². The van der Waals surface area contributed by atoms with Gasteiger partial charge in [-0.3, -0.25) is 0 Å². The number of thiazole rings is 1. The average Bonchev–Trinajstić information content (AvgIpc) is 3.22. The number of hydrogen-bond donors (Lipinski definition) is 0. The number of hydrogen-bond acceptors (Lipinski definition) is 8. The Morgan fingerprint density at radius 3 is 2.55 bits per heavy atom. The molecule has 0 radical (unpaired) electrons. The van der Waals surface area contributed by atoms with Gasteiger partial charge < -0.3 is 14.5 Å². The van der Waals surface area contributed by atoms with Crippen LogP contribution in [-0.4, -0.2) is 69.9 Å². The van der Waals surface area contributed by atoms with Crippen LogP contribution in [0.15, 0.2) is 46.8 Å². The zero-order valence-electron chi connectivity index (χ0n) is 17.9. The minimum absolute atomic E-state index is 0.281. The summed E-state index contributed by atoms with van der Waals surface area (Å²) in [5.41, 5.74) is 2.64. The second-order valence-corrected chi connectivity index (χ2v) is 10.7. The monoisotopic (exact) mass is 458 g/mol. The Balaban J connectivity index is 1.51. The molecule has 164 valence electrons. The predicted molar refractivity (Wildman–Crippen MR) is 124 cm³/mol. The van der Waals surface area contributed by atoms with Crippen LogP contribution in [0.25, 0.3) is 11.3 Å². The Labute approximate surface area is 187 Å². The summed E-state index contributed by atoms with van der Waals surface area (Å²) in [7, 11) is 0.438. The molecule has 0 bridgehead atoms. The Kier molecular flexibility index (Phi) is 6.27. The highest BCUT2D eigenvalue weighted by atomic mass is 32.2. The molecule has 1 aliphatic heterocycles. The van der Waals surface area contributed by atoms with Gasteiger partial charge in [-0.25, -0.2) is 18.4 Å². The van der Waals surface area contributed by atoms with Gasteiger partial charge in [0.25, 0.3) is 0 Å². The smallest absolute Gasteiger partial charge is 0.175 e. The lowest BCUT2D eigenvalue weighted by atomic mass is 10.1. The Bertz CT molecular complexity index is 1150. The molecular weight excluding hydrogens is 432 g/mol. The molecule has 1 saturated heterocycles. The van der Waals surface area contributed by atoms with Gasteiger partial charge in [0, 0.05) is 61.6 Å². The van der Waals surface area contributed by atoms with Crippen LogP contribution >= 0.6 is 11.3 Å². The summed E-state index contributed by atoms with van der Waals surface area (Å²) in [5, 5.41) is 2.90. The summed E-state index contributed by atoms with van der Waals surface area (Å²) in [5.74, 6) is 1.65. The number of methoxy groups -OCH3 is 1. The molecule has 0 amide bonds. The minimum atomic E-state index is -3.28. The van der Waals surface area contributed by atoms with Gasteiger partial charge in [-0.15, -0.1) is 11.3 Å². The number of benzene rings is 1. The van der Waals surface area contributed by atoms with E-state index < -0.39 is 9.84 Å². The summed E-state index contributed by atoms with van der Waals surface area (Å²) in [4.78, 5) is 14.3. The highest BCUT2D eigenvalue weighted by molar-refractivity contribution is 7.90. The van der Waals surface area contributed by atoms with E-state index in [1.54, 1.807) is 36.6 Å². The molecule has 0 N–H and O–H groups in total. The van der Waals surface area contributed by atoms with E-state index in [4.69, 9.17) is 9.72 Å². The predicted octanol–water partition coefficient (Wildman–Crippen LogP) is 2.96. The fraction of sp³-hybridized carbons (Fsp3) is 0.364. The van der Waals surface area contributed by atoms with E-state index >= 15 is 0 Å². The molecule has 2 aromatic heterocycles. The molecule has 1 aromatic carbocycles. The van der Waals surface area contributed by atoms with Crippen LogP contribution in [0.1, 0.15) is 10.6 Å². The lowest BCUT2D eigenvalue weighted by Gasteiger charge is -2.33. The molecule has 0 aliphatic carbocycles. The fourth-order valence-corrected chi connectivity index (χ4v) is 5.07. The van der Waals surface area contributed by atoms with E-state index in [0.717, 1.165) is 53.8 Å². The zero-order valence-corrected chi connectivity index (χ0v) is 19.5. The molecule has 0 unspecified atom stereocenters. The van der Waals surface area contributed by atoms with E-state index in [1.807, 2.05) is 11.6 Å². The number of likely N-dealkylation sites (N-methyl/N-ethyl adjacent to an activating group) is 1. The van der Waals surface area contributed by atoms with E-state index in [0.29, 0.717) is 12.2 Å². The normalized spacial score (nSPS) is 15.3. The number of ether oxygens (including phenoxy) is 1. The van der Waals surface area contributed by atoms with Crippen molar-refractivity contribution in [2.45, 2.75) is 11.3 Å². The van der Waals surface area contributed by atoms with Crippen LogP contribution in [0.4, 0.5) is 5.82 Å². The topological polar surface area (TPSA) is 75.6 Å². The largest absolute Gasteiger partial charge is 0.496 e. The standard InChI is InChI=1S/C22H26N4O3S2/c1-25-8-10-26(11-9-25)21-7-4-16(14-23-21)19-15-30-22(24-19)13-17-12-18(31(3,27)28)5-6-20(17)29-2/h4-7,12,14-15H,8-11,13H2,1-3H3. The fourth-order valence-electron chi connectivity index (χ4n) is 3.57. The van der Waals surface area contributed by atoms with Crippen molar-refractivity contribution in [3.05, 3.63) is 52.5 Å². The highest BCUT2D eigenvalue weighted by Crippen LogP contribution is 2.29. The van der Waals surface area contributed by atoms with Gasteiger partial charge in [-0.05, 0) is 37.4 Å². The molecule has 1 aliphatic rings. The van der Waals surface area contributed by atoms with E-state index in [9.17, 15) is 8.42 Å². The number of aromatic nitrogens is 2. The summed E-state index contributed by atoms with van der Waals surface area (Å²) in [6.45, 7) is 4.06. The van der Waals surface area contributed by atoms with E-state index in [-0.39, 0.29) is 4.90 Å². The third-order valence-corrected chi connectivity index (χ3v) is 7.40. The van der Waals surface area contributed by atoms with Crippen molar-refractivity contribution >= 4 is 27.0 Å². The Hall–Kier alpha value is -2.49. The molecule has 31 heavy (non-hydrogen) atoms. The molecule has 0 saturated carbocycles. The van der Waals surface area contributed by atoms with Gasteiger partial charge in [-0.2, -0.15) is 0 Å². The number of sulfone groups is 1. The first-order valence-electron chi connectivity index (χ1n) is 10.0. The lowest BCUT2D eigenvalue weighted by molar-refractivity contribution is 0.312. The summed E-state index contributed by atoms with van der Waals surface area (Å²) < 4.78 is 29.3. The third-order valence-electron chi connectivity index (χ3n) is 5.44. The van der Waals surface area contributed by atoms with Crippen molar-refractivity contribution in [1.82, 2.24) is 14.9 Å². The van der Waals surface area contributed by atoms with Crippen molar-refractivity contribution in [3.8, 4) is 17.0 Å². The van der Waals surface area contributed by atoms with Gasteiger partial charge in [0.1, 0.15) is 11.6 Å². The Morgan fingerprint density at radius 1 is 1.13 bits per heavy atom. The molecule has 0 atom stereocenters. The van der Waals surface area contributed by atoms with E-state index in [2.05, 4.69) is 34.0 Å². The van der Waals surface area contributed by atoms with Crippen LogP contribution in [0.2, 0.25) is 0 Å². The van der Waals surface area contributed by atoms with Crippen LogP contribution in [-0.2, 0) is 16.3 Å². The first-order valence-corrected chi connectivity index (χ1v) is 12.8. The SMILES string of the molecule is COc1ccc(S(C)(=O)=O)cc1Cc1nc(-c2ccc(N3CCN(C)CC3)nc2)cs1. The summed E-state index contributed by atoms with van der Waals surface area (Å²) >= 11 is 1.54. The molecule has 3 aromatic rings. The van der Waals surface area contributed by atoms with Crippen molar-refractivity contribution < 1.29 is 13.2 Å². The van der Waals surface area contributed by atoms with Crippen LogP contribution in [0, 0.1) is 0 Å². The number of nitrogens with zero attached hydrogens (tertiary/aromatic N) is 4. The maximum atomic E-state index is 11.9. The maximum absolute atomic E-state index is 11.9. The van der Waals surface area contributed by atoms with Gasteiger partial charge in [-0.1, -0.05) is 0 Å². The summed E-state index contributed by atoms with van der Waals surface area (Å²) in [6.07, 6.45) is 3.58.